The summed E-state index contributed by atoms with van der Waals surface area (Å²) in [5, 5.41) is 0. The largest absolute Gasteiger partial charge is 0.465 e. The first kappa shape index (κ1) is 16.2. The molecule has 1 atom stereocenters. The third-order valence-electron chi connectivity index (χ3n) is 4.50. The fourth-order valence-corrected chi connectivity index (χ4v) is 3.17. The molecule has 6 heteroatoms. The molecule has 0 amide bonds. The van der Waals surface area contributed by atoms with Gasteiger partial charge in [-0.15, -0.1) is 0 Å². The first-order valence-corrected chi connectivity index (χ1v) is 8.28. The smallest absolute Gasteiger partial charge is 0.338 e. The zero-order valence-corrected chi connectivity index (χ0v) is 13.8. The summed E-state index contributed by atoms with van der Waals surface area (Å²) in [5.41, 5.74) is 2.55. The van der Waals surface area contributed by atoms with Gasteiger partial charge in [-0.2, -0.15) is 0 Å². The molecule has 0 spiro atoms. The van der Waals surface area contributed by atoms with E-state index < -0.39 is 0 Å². The lowest BCUT2D eigenvalue weighted by atomic mass is 10.0. The van der Waals surface area contributed by atoms with Crippen LogP contribution in [0.2, 0.25) is 0 Å². The molecule has 0 aromatic carbocycles. The Morgan fingerprint density at radius 1 is 1.39 bits per heavy atom. The highest BCUT2D eigenvalue weighted by atomic mass is 16.5. The number of ether oxygens (including phenoxy) is 3. The molecule has 0 bridgehead atoms. The molecule has 1 aromatic rings. The van der Waals surface area contributed by atoms with E-state index in [4.69, 9.17) is 19.2 Å². The summed E-state index contributed by atoms with van der Waals surface area (Å²) in [6.45, 7) is 5.67. The Hall–Kier alpha value is -1.66. The van der Waals surface area contributed by atoms with Gasteiger partial charge in [-0.05, 0) is 24.5 Å². The first-order chi connectivity index (χ1) is 11.2. The van der Waals surface area contributed by atoms with Crippen LogP contribution in [-0.2, 0) is 27.1 Å². The van der Waals surface area contributed by atoms with E-state index in [0.717, 1.165) is 43.0 Å². The Morgan fingerprint density at radius 2 is 2.22 bits per heavy atom. The maximum atomic E-state index is 12.2. The van der Waals surface area contributed by atoms with E-state index >= 15 is 0 Å². The third-order valence-corrected chi connectivity index (χ3v) is 4.50. The minimum Gasteiger partial charge on any atom is -0.465 e. The molecule has 0 saturated carbocycles. The molecule has 1 saturated heterocycles. The molecule has 126 valence electrons. The highest BCUT2D eigenvalue weighted by molar-refractivity contribution is 5.92. The maximum Gasteiger partial charge on any atom is 0.338 e. The van der Waals surface area contributed by atoms with Crippen LogP contribution in [0.25, 0.3) is 0 Å². The quantitative estimate of drug-likeness (QED) is 0.789. The number of carbonyl (C=O) groups excluding carboxylic acids is 1. The van der Waals surface area contributed by atoms with E-state index in [1.54, 1.807) is 0 Å². The maximum absolute atomic E-state index is 12.2. The van der Waals surface area contributed by atoms with Crippen molar-refractivity contribution in [2.75, 3.05) is 44.9 Å². The van der Waals surface area contributed by atoms with Gasteiger partial charge in [0.1, 0.15) is 5.82 Å². The molecule has 0 aliphatic carbocycles. The Labute approximate surface area is 136 Å². The van der Waals surface area contributed by atoms with Gasteiger partial charge < -0.3 is 19.1 Å². The fraction of sp³-hybridized carbons (Fsp3) is 0.647. The molecular formula is C17H24N2O4. The van der Waals surface area contributed by atoms with Crippen molar-refractivity contribution in [3.63, 3.8) is 0 Å². The van der Waals surface area contributed by atoms with E-state index in [1.165, 1.54) is 7.11 Å². The number of hydrogen-bond acceptors (Lipinski definition) is 6. The van der Waals surface area contributed by atoms with Gasteiger partial charge in [0, 0.05) is 25.2 Å². The molecular weight excluding hydrogens is 296 g/mol. The lowest BCUT2D eigenvalue weighted by Crippen LogP contribution is -2.42. The number of methoxy groups -OCH3 is 1. The van der Waals surface area contributed by atoms with Gasteiger partial charge in [-0.25, -0.2) is 9.78 Å². The Kier molecular flexibility index (Phi) is 5.13. The van der Waals surface area contributed by atoms with E-state index in [1.807, 2.05) is 6.07 Å². The lowest BCUT2D eigenvalue weighted by Gasteiger charge is -2.34. The van der Waals surface area contributed by atoms with Crippen molar-refractivity contribution >= 4 is 11.8 Å². The number of fused-ring (bicyclic) bond motifs is 1. The number of pyridine rings is 1. The summed E-state index contributed by atoms with van der Waals surface area (Å²) < 4.78 is 16.2. The second-order valence-electron chi connectivity index (χ2n) is 5.90. The summed E-state index contributed by atoms with van der Waals surface area (Å²) in [6.07, 6.45) is 2.62. The minimum atomic E-state index is -0.299. The molecule has 0 unspecified atom stereocenters. The molecule has 2 aliphatic rings. The predicted octanol–water partition coefficient (Wildman–Crippen LogP) is 1.60. The van der Waals surface area contributed by atoms with Crippen molar-refractivity contribution in [1.29, 1.82) is 0 Å². The summed E-state index contributed by atoms with van der Waals surface area (Å²) in [4.78, 5) is 19.2. The number of morpholine rings is 1. The van der Waals surface area contributed by atoms with E-state index in [0.29, 0.717) is 31.8 Å². The predicted molar refractivity (Wildman–Crippen MR) is 86.0 cm³/mol. The van der Waals surface area contributed by atoms with Gasteiger partial charge in [0.05, 0.1) is 38.6 Å². The van der Waals surface area contributed by atoms with Crippen molar-refractivity contribution < 1.29 is 19.0 Å². The van der Waals surface area contributed by atoms with Gasteiger partial charge in [0.15, 0.2) is 0 Å². The molecule has 3 heterocycles. The number of rotatable bonds is 3. The second-order valence-corrected chi connectivity index (χ2v) is 5.90. The van der Waals surface area contributed by atoms with Crippen LogP contribution in [0.4, 0.5) is 5.82 Å². The van der Waals surface area contributed by atoms with Crippen molar-refractivity contribution in [3.8, 4) is 0 Å². The molecule has 6 nitrogen and oxygen atoms in total. The van der Waals surface area contributed by atoms with Gasteiger partial charge in [-0.1, -0.05) is 6.92 Å². The van der Waals surface area contributed by atoms with Gasteiger partial charge in [-0.3, -0.25) is 0 Å². The number of nitrogens with zero attached hydrogens (tertiary/aromatic N) is 2. The monoisotopic (exact) mass is 320 g/mol. The Balaban J connectivity index is 1.97. The zero-order chi connectivity index (χ0) is 16.2. The van der Waals surface area contributed by atoms with E-state index in [2.05, 4.69) is 11.8 Å². The van der Waals surface area contributed by atoms with Crippen molar-refractivity contribution in [2.45, 2.75) is 32.3 Å². The Morgan fingerprint density at radius 3 is 3.00 bits per heavy atom. The third kappa shape index (κ3) is 3.48. The van der Waals surface area contributed by atoms with E-state index in [9.17, 15) is 4.79 Å². The van der Waals surface area contributed by atoms with Crippen molar-refractivity contribution in [3.05, 3.63) is 22.9 Å². The standard InChI is InChI=1S/C17H24N2O4/c1-3-12-11-19(6-9-23-12)16-10-14(17(20)21-2)13-4-7-22-8-5-15(13)18-16/h10,12H,3-9,11H2,1-2H3/t12-/m0/s1. The van der Waals surface area contributed by atoms with Crippen molar-refractivity contribution in [1.82, 2.24) is 4.98 Å². The number of anilines is 1. The Bertz CT molecular complexity index is 576. The zero-order valence-electron chi connectivity index (χ0n) is 13.8. The van der Waals surface area contributed by atoms with Crippen LogP contribution in [0.3, 0.4) is 0 Å². The topological polar surface area (TPSA) is 60.9 Å². The van der Waals surface area contributed by atoms with Gasteiger partial charge in [0.25, 0.3) is 0 Å². The summed E-state index contributed by atoms with van der Waals surface area (Å²) in [5.74, 6) is 0.542. The van der Waals surface area contributed by atoms with Crippen LogP contribution in [0, 0.1) is 0 Å². The SMILES string of the molecule is CC[C@H]1CN(c2cc(C(=O)OC)c3c(n2)CCOCC3)CCO1. The number of esters is 1. The van der Waals surface area contributed by atoms with Gasteiger partial charge >= 0.3 is 5.97 Å². The second kappa shape index (κ2) is 7.27. The van der Waals surface area contributed by atoms with Crippen molar-refractivity contribution in [2.24, 2.45) is 0 Å². The number of carbonyl (C=O) groups is 1. The minimum absolute atomic E-state index is 0.217. The molecule has 3 rings (SSSR count). The summed E-state index contributed by atoms with van der Waals surface area (Å²) >= 11 is 0. The lowest BCUT2D eigenvalue weighted by molar-refractivity contribution is 0.0381. The first-order valence-electron chi connectivity index (χ1n) is 8.28. The van der Waals surface area contributed by atoms with E-state index in [-0.39, 0.29) is 12.1 Å². The van der Waals surface area contributed by atoms with Crippen LogP contribution in [0.1, 0.15) is 35.0 Å². The number of hydrogen-bond donors (Lipinski definition) is 0. The molecule has 2 aliphatic heterocycles. The highest BCUT2D eigenvalue weighted by Gasteiger charge is 2.25. The molecule has 1 aromatic heterocycles. The fourth-order valence-electron chi connectivity index (χ4n) is 3.17. The van der Waals surface area contributed by atoms with Gasteiger partial charge in [0.2, 0.25) is 0 Å². The van der Waals surface area contributed by atoms with Crippen LogP contribution < -0.4 is 4.90 Å². The normalized spacial score (nSPS) is 21.5. The molecule has 23 heavy (non-hydrogen) atoms. The average molecular weight is 320 g/mol. The summed E-state index contributed by atoms with van der Waals surface area (Å²) in [6, 6.07) is 1.87. The average Bonchev–Trinajstić information content (AvgIpc) is 2.85. The molecule has 0 N–H and O–H groups in total. The van der Waals surface area contributed by atoms with Crippen LogP contribution in [0.15, 0.2) is 6.07 Å². The van der Waals surface area contributed by atoms with Crippen LogP contribution in [0.5, 0.6) is 0 Å². The number of aromatic nitrogens is 1. The summed E-state index contributed by atoms with van der Waals surface area (Å²) in [7, 11) is 1.42. The molecule has 1 fully saturated rings. The highest BCUT2D eigenvalue weighted by Crippen LogP contribution is 2.25. The van der Waals surface area contributed by atoms with Crippen LogP contribution >= 0.6 is 0 Å². The molecule has 0 radical (unpaired) electrons. The van der Waals surface area contributed by atoms with Crippen LogP contribution in [-0.4, -0.2) is 57.1 Å².